The molecule has 3 rings (SSSR count). The van der Waals surface area contributed by atoms with Gasteiger partial charge in [0.2, 0.25) is 5.95 Å². The average molecular weight is 559 g/mol. The van der Waals surface area contributed by atoms with Gasteiger partial charge in [-0.1, -0.05) is 13.3 Å². The number of aromatic nitrogens is 2. The maximum absolute atomic E-state index is 4.80. The highest BCUT2D eigenvalue weighted by molar-refractivity contribution is 14.0. The molecule has 2 saturated heterocycles. The van der Waals surface area contributed by atoms with Crippen LogP contribution in [0.5, 0.6) is 0 Å². The fourth-order valence-electron chi connectivity index (χ4n) is 4.59. The molecule has 2 aliphatic heterocycles. The first-order valence-corrected chi connectivity index (χ1v) is 12.3. The first-order chi connectivity index (χ1) is 15.3. The predicted octanol–water partition coefficient (Wildman–Crippen LogP) is 2.43. The predicted molar refractivity (Wildman–Crippen MR) is 144 cm³/mol. The van der Waals surface area contributed by atoms with Crippen LogP contribution in [0.2, 0.25) is 0 Å². The maximum atomic E-state index is 4.80. The molecule has 0 aromatic carbocycles. The van der Waals surface area contributed by atoms with Gasteiger partial charge in [-0.05, 0) is 45.2 Å². The van der Waals surface area contributed by atoms with Crippen LogP contribution in [0, 0.1) is 0 Å². The van der Waals surface area contributed by atoms with Gasteiger partial charge in [0.05, 0.1) is 0 Å². The summed E-state index contributed by atoms with van der Waals surface area (Å²) in [6, 6.07) is 2.64. The Hall–Kier alpha value is -1.20. The summed E-state index contributed by atoms with van der Waals surface area (Å²) < 4.78 is 0. The molecule has 32 heavy (non-hydrogen) atoms. The number of halogens is 1. The summed E-state index contributed by atoms with van der Waals surface area (Å²) in [7, 11) is 0. The molecule has 0 radical (unpaired) electrons. The Labute approximate surface area is 211 Å². The molecular weight excluding hydrogens is 515 g/mol. The first kappa shape index (κ1) is 27.0. The van der Waals surface area contributed by atoms with Crippen molar-refractivity contribution in [2.24, 2.45) is 4.99 Å². The maximum Gasteiger partial charge on any atom is 0.225 e. The second-order valence-electron chi connectivity index (χ2n) is 8.51. The van der Waals surface area contributed by atoms with Gasteiger partial charge in [-0.25, -0.2) is 9.97 Å². The van der Waals surface area contributed by atoms with Crippen LogP contribution < -0.4 is 15.5 Å². The van der Waals surface area contributed by atoms with Gasteiger partial charge in [0.15, 0.2) is 5.96 Å². The molecule has 1 aromatic rings. The van der Waals surface area contributed by atoms with Crippen molar-refractivity contribution in [1.29, 1.82) is 0 Å². The van der Waals surface area contributed by atoms with Crippen LogP contribution in [0.25, 0.3) is 0 Å². The molecule has 182 valence electrons. The number of rotatable bonds is 10. The molecule has 3 heterocycles. The van der Waals surface area contributed by atoms with Crippen LogP contribution in [0.3, 0.4) is 0 Å². The lowest BCUT2D eigenvalue weighted by Gasteiger charge is -2.35. The first-order valence-electron chi connectivity index (χ1n) is 12.3. The van der Waals surface area contributed by atoms with Gasteiger partial charge in [-0.2, -0.15) is 0 Å². The van der Waals surface area contributed by atoms with Gasteiger partial charge < -0.3 is 15.5 Å². The van der Waals surface area contributed by atoms with E-state index in [9.17, 15) is 0 Å². The summed E-state index contributed by atoms with van der Waals surface area (Å²) >= 11 is 0. The van der Waals surface area contributed by atoms with E-state index in [0.29, 0.717) is 0 Å². The molecule has 0 spiro atoms. The van der Waals surface area contributed by atoms with Crippen molar-refractivity contribution < 1.29 is 0 Å². The lowest BCUT2D eigenvalue weighted by Crippen LogP contribution is -2.47. The number of guanidine groups is 1. The second kappa shape index (κ2) is 15.6. The van der Waals surface area contributed by atoms with Crippen molar-refractivity contribution in [2.75, 3.05) is 70.3 Å². The van der Waals surface area contributed by atoms with Crippen LogP contribution in [0.4, 0.5) is 5.95 Å². The minimum Gasteiger partial charge on any atom is -0.357 e. The Kier molecular flexibility index (Phi) is 13.2. The molecule has 2 N–H and O–H groups in total. The summed E-state index contributed by atoms with van der Waals surface area (Å²) in [4.78, 5) is 21.0. The summed E-state index contributed by atoms with van der Waals surface area (Å²) in [5.41, 5.74) is 0. The van der Waals surface area contributed by atoms with E-state index in [1.54, 1.807) is 0 Å². The number of likely N-dealkylation sites (tertiary alicyclic amines) is 1. The Balaban J connectivity index is 0.00000363. The molecule has 0 saturated carbocycles. The fraction of sp³-hybridized carbons (Fsp3) is 0.783. The minimum atomic E-state index is 0. The topological polar surface area (TPSA) is 71.9 Å². The van der Waals surface area contributed by atoms with E-state index >= 15 is 0 Å². The molecule has 1 unspecified atom stereocenters. The summed E-state index contributed by atoms with van der Waals surface area (Å²) in [6.07, 6.45) is 10.1. The van der Waals surface area contributed by atoms with Crippen LogP contribution in [0.15, 0.2) is 23.5 Å². The van der Waals surface area contributed by atoms with Crippen LogP contribution in [-0.2, 0) is 0 Å². The number of aliphatic imine (C=N–C) groups is 1. The van der Waals surface area contributed by atoms with E-state index in [-0.39, 0.29) is 24.0 Å². The largest absolute Gasteiger partial charge is 0.357 e. The van der Waals surface area contributed by atoms with E-state index in [0.717, 1.165) is 83.3 Å². The van der Waals surface area contributed by atoms with E-state index in [4.69, 9.17) is 4.99 Å². The molecule has 0 bridgehead atoms. The molecule has 1 atom stereocenters. The van der Waals surface area contributed by atoms with Gasteiger partial charge in [-0.3, -0.25) is 14.8 Å². The summed E-state index contributed by atoms with van der Waals surface area (Å²) in [5, 5.41) is 6.93. The lowest BCUT2D eigenvalue weighted by atomic mass is 10.0. The van der Waals surface area contributed by atoms with Crippen molar-refractivity contribution in [3.05, 3.63) is 18.5 Å². The third-order valence-corrected chi connectivity index (χ3v) is 6.37. The van der Waals surface area contributed by atoms with Crippen molar-refractivity contribution in [3.63, 3.8) is 0 Å². The molecule has 9 heteroatoms. The fourth-order valence-corrected chi connectivity index (χ4v) is 4.59. The van der Waals surface area contributed by atoms with Crippen molar-refractivity contribution >= 4 is 35.9 Å². The van der Waals surface area contributed by atoms with E-state index < -0.39 is 0 Å². The normalized spacial score (nSPS) is 20.6. The SMILES string of the molecule is CCNC(=NCCCN1CCN(c2ncccn2)CC1)NCCN1CCCCC1CC.I. The third-order valence-electron chi connectivity index (χ3n) is 6.37. The van der Waals surface area contributed by atoms with Crippen LogP contribution in [-0.4, -0.2) is 97.2 Å². The second-order valence-corrected chi connectivity index (χ2v) is 8.51. The van der Waals surface area contributed by atoms with Gasteiger partial charge in [0.1, 0.15) is 0 Å². The highest BCUT2D eigenvalue weighted by atomic mass is 127. The highest BCUT2D eigenvalue weighted by Crippen LogP contribution is 2.18. The van der Waals surface area contributed by atoms with Gasteiger partial charge in [0.25, 0.3) is 0 Å². The van der Waals surface area contributed by atoms with Gasteiger partial charge >= 0.3 is 0 Å². The number of piperazine rings is 1. The smallest absolute Gasteiger partial charge is 0.225 e. The summed E-state index contributed by atoms with van der Waals surface area (Å²) in [6.45, 7) is 14.7. The highest BCUT2D eigenvalue weighted by Gasteiger charge is 2.20. The summed E-state index contributed by atoms with van der Waals surface area (Å²) in [5.74, 6) is 1.81. The van der Waals surface area contributed by atoms with Crippen molar-refractivity contribution in [2.45, 2.75) is 52.0 Å². The monoisotopic (exact) mass is 558 g/mol. The van der Waals surface area contributed by atoms with Crippen LogP contribution in [0.1, 0.15) is 46.0 Å². The van der Waals surface area contributed by atoms with Crippen molar-refractivity contribution in [1.82, 2.24) is 30.4 Å². The lowest BCUT2D eigenvalue weighted by molar-refractivity contribution is 0.147. The molecule has 0 amide bonds. The number of nitrogens with zero attached hydrogens (tertiary/aromatic N) is 6. The number of piperidine rings is 1. The zero-order valence-electron chi connectivity index (χ0n) is 20.0. The molecule has 2 fully saturated rings. The average Bonchev–Trinajstić information content (AvgIpc) is 2.83. The van der Waals surface area contributed by atoms with E-state index in [2.05, 4.69) is 49.1 Å². The molecule has 0 aliphatic carbocycles. The number of anilines is 1. The number of hydrogen-bond donors (Lipinski definition) is 2. The van der Waals surface area contributed by atoms with E-state index in [1.807, 2.05) is 18.5 Å². The van der Waals surface area contributed by atoms with Gasteiger partial charge in [-0.15, -0.1) is 24.0 Å². The Morgan fingerprint density at radius 2 is 1.81 bits per heavy atom. The van der Waals surface area contributed by atoms with Crippen LogP contribution >= 0.6 is 24.0 Å². The zero-order chi connectivity index (χ0) is 21.7. The zero-order valence-corrected chi connectivity index (χ0v) is 22.3. The van der Waals surface area contributed by atoms with Gasteiger partial charge in [0, 0.05) is 77.3 Å². The quantitative estimate of drug-likeness (QED) is 0.198. The molecule has 2 aliphatic rings. The van der Waals surface area contributed by atoms with Crippen molar-refractivity contribution in [3.8, 4) is 0 Å². The Morgan fingerprint density at radius 3 is 2.53 bits per heavy atom. The Morgan fingerprint density at radius 1 is 1.03 bits per heavy atom. The number of hydrogen-bond acceptors (Lipinski definition) is 6. The minimum absolute atomic E-state index is 0. The third kappa shape index (κ3) is 8.97. The molecule has 1 aromatic heterocycles. The molecular formula is C23H43IN8. The van der Waals surface area contributed by atoms with E-state index in [1.165, 1.54) is 32.2 Å². The standard InChI is InChI=1S/C23H42N8.HI/c1-3-21-9-5-6-15-30(21)16-13-26-22(24-4-2)25-12-8-14-29-17-19-31(20-18-29)23-27-10-7-11-28-23;/h7,10-11,21H,3-6,8-9,12-20H2,1-2H3,(H2,24,25,26);1H. The Bertz CT molecular complexity index is 636. The number of nitrogens with one attached hydrogen (secondary N) is 2. The molecule has 8 nitrogen and oxygen atoms in total.